The zero-order valence-electron chi connectivity index (χ0n) is 11.9. The first-order chi connectivity index (χ1) is 9.72. The molecule has 1 aromatic rings. The monoisotopic (exact) mass is 338 g/mol. The molecule has 0 aromatic heterocycles. The van der Waals surface area contributed by atoms with Gasteiger partial charge in [0.2, 0.25) is 0 Å². The van der Waals surface area contributed by atoms with Gasteiger partial charge in [0.1, 0.15) is 5.75 Å². The topological polar surface area (TPSA) is 29.5 Å². The van der Waals surface area contributed by atoms with Crippen molar-refractivity contribution in [3.63, 3.8) is 0 Å². The van der Waals surface area contributed by atoms with Crippen LogP contribution in [0, 0.1) is 5.92 Å². The van der Waals surface area contributed by atoms with Crippen LogP contribution in [0.5, 0.6) is 5.75 Å². The van der Waals surface area contributed by atoms with Crippen LogP contribution in [-0.2, 0) is 12.8 Å². The van der Waals surface area contributed by atoms with Crippen molar-refractivity contribution in [3.8, 4) is 5.75 Å². The summed E-state index contributed by atoms with van der Waals surface area (Å²) < 4.78 is 6.83. The molecule has 1 heterocycles. The molecule has 1 N–H and O–H groups in total. The molecule has 20 heavy (non-hydrogen) atoms. The van der Waals surface area contributed by atoms with E-state index >= 15 is 0 Å². The van der Waals surface area contributed by atoms with Crippen LogP contribution in [0.3, 0.4) is 0 Å². The molecule has 1 unspecified atom stereocenters. The van der Waals surface area contributed by atoms with E-state index in [9.17, 15) is 5.11 Å². The molecular weight excluding hydrogens is 316 g/mol. The van der Waals surface area contributed by atoms with Gasteiger partial charge in [-0.3, -0.25) is 0 Å². The number of fused-ring (bicyclic) bond motifs is 1. The van der Waals surface area contributed by atoms with Crippen molar-refractivity contribution in [1.82, 2.24) is 0 Å². The summed E-state index contributed by atoms with van der Waals surface area (Å²) in [5.74, 6) is 1.88. The van der Waals surface area contributed by atoms with Gasteiger partial charge in [-0.15, -0.1) is 0 Å². The highest BCUT2D eigenvalue weighted by atomic mass is 79.9. The Morgan fingerprint density at radius 3 is 2.90 bits per heavy atom. The Morgan fingerprint density at radius 1 is 1.30 bits per heavy atom. The number of hydrogen-bond donors (Lipinski definition) is 1. The minimum Gasteiger partial charge on any atom is -0.493 e. The Morgan fingerprint density at radius 2 is 2.10 bits per heavy atom. The molecule has 1 saturated carbocycles. The van der Waals surface area contributed by atoms with Gasteiger partial charge in [-0.25, -0.2) is 0 Å². The van der Waals surface area contributed by atoms with E-state index in [2.05, 4.69) is 28.1 Å². The highest BCUT2D eigenvalue weighted by Crippen LogP contribution is 2.34. The molecule has 110 valence electrons. The van der Waals surface area contributed by atoms with E-state index in [0.717, 1.165) is 41.2 Å². The van der Waals surface area contributed by atoms with Crippen molar-refractivity contribution in [3.05, 3.63) is 27.7 Å². The lowest BCUT2D eigenvalue weighted by molar-refractivity contribution is 0.154. The predicted molar refractivity (Wildman–Crippen MR) is 84.2 cm³/mol. The maximum Gasteiger partial charge on any atom is 0.125 e. The molecule has 0 amide bonds. The maximum absolute atomic E-state index is 10.3. The largest absolute Gasteiger partial charge is 0.493 e. The van der Waals surface area contributed by atoms with Crippen LogP contribution in [0.15, 0.2) is 16.6 Å². The van der Waals surface area contributed by atoms with Crippen molar-refractivity contribution < 1.29 is 9.84 Å². The highest BCUT2D eigenvalue weighted by molar-refractivity contribution is 9.10. The van der Waals surface area contributed by atoms with Crippen LogP contribution in [0.1, 0.15) is 49.7 Å². The van der Waals surface area contributed by atoms with Gasteiger partial charge in [0.05, 0.1) is 12.7 Å². The molecule has 0 spiro atoms. The van der Waals surface area contributed by atoms with Crippen LogP contribution in [0.4, 0.5) is 0 Å². The summed E-state index contributed by atoms with van der Waals surface area (Å²) in [6, 6.07) is 4.24. The van der Waals surface area contributed by atoms with Crippen molar-refractivity contribution in [2.24, 2.45) is 5.92 Å². The van der Waals surface area contributed by atoms with E-state index in [1.807, 2.05) is 0 Å². The van der Waals surface area contributed by atoms with Gasteiger partial charge < -0.3 is 9.84 Å². The molecule has 3 rings (SSSR count). The van der Waals surface area contributed by atoms with Crippen molar-refractivity contribution in [2.45, 2.75) is 57.5 Å². The zero-order valence-corrected chi connectivity index (χ0v) is 13.5. The summed E-state index contributed by atoms with van der Waals surface area (Å²) in [6.07, 6.45) is 9.06. The molecule has 3 heteroatoms. The number of hydrogen-bond acceptors (Lipinski definition) is 2. The number of halogens is 1. The second kappa shape index (κ2) is 6.48. The van der Waals surface area contributed by atoms with E-state index in [-0.39, 0.29) is 6.10 Å². The molecule has 1 atom stereocenters. The zero-order chi connectivity index (χ0) is 13.9. The maximum atomic E-state index is 10.3. The second-order valence-corrected chi connectivity index (χ2v) is 7.15. The van der Waals surface area contributed by atoms with E-state index in [4.69, 9.17) is 4.74 Å². The summed E-state index contributed by atoms with van der Waals surface area (Å²) in [7, 11) is 0. The average molecular weight is 339 g/mol. The summed E-state index contributed by atoms with van der Waals surface area (Å²) >= 11 is 3.56. The van der Waals surface area contributed by atoms with Gasteiger partial charge in [-0.2, -0.15) is 0 Å². The fourth-order valence-corrected chi connectivity index (χ4v) is 4.13. The minimum absolute atomic E-state index is 0.238. The van der Waals surface area contributed by atoms with Crippen LogP contribution < -0.4 is 4.74 Å². The quantitative estimate of drug-likeness (QED) is 0.869. The Labute approximate surface area is 129 Å². The second-order valence-electron chi connectivity index (χ2n) is 6.24. The fraction of sp³-hybridized carbons (Fsp3) is 0.647. The number of aliphatic hydroxyl groups is 1. The first kappa shape index (κ1) is 14.4. The lowest BCUT2D eigenvalue weighted by atomic mass is 9.95. The smallest absolute Gasteiger partial charge is 0.125 e. The SMILES string of the molecule is OC(CCC1CCCC1)Cc1cc(Br)cc2c1OCC2. The van der Waals surface area contributed by atoms with Crippen LogP contribution in [-0.4, -0.2) is 17.8 Å². The van der Waals surface area contributed by atoms with Crippen LogP contribution >= 0.6 is 15.9 Å². The van der Waals surface area contributed by atoms with E-state index in [0.29, 0.717) is 6.42 Å². The molecule has 1 aliphatic heterocycles. The molecule has 0 bridgehead atoms. The average Bonchev–Trinajstić information content (AvgIpc) is 3.06. The number of ether oxygens (including phenoxy) is 1. The first-order valence-corrected chi connectivity index (χ1v) is 8.64. The Balaban J connectivity index is 1.59. The standard InChI is InChI=1S/C17H23BrO2/c18-15-9-13-7-8-20-17(13)14(10-15)11-16(19)6-5-12-3-1-2-4-12/h9-10,12,16,19H,1-8,11H2. The third-order valence-corrected chi connectivity index (χ3v) is 5.12. The summed E-state index contributed by atoms with van der Waals surface area (Å²) in [5, 5.41) is 10.3. The van der Waals surface area contributed by atoms with Gasteiger partial charge in [-0.1, -0.05) is 41.6 Å². The third kappa shape index (κ3) is 3.37. The molecule has 1 fully saturated rings. The Kier molecular flexibility index (Phi) is 4.67. The van der Waals surface area contributed by atoms with Crippen molar-refractivity contribution in [1.29, 1.82) is 0 Å². The van der Waals surface area contributed by atoms with E-state index in [1.54, 1.807) is 0 Å². The van der Waals surface area contributed by atoms with Gasteiger partial charge >= 0.3 is 0 Å². The fourth-order valence-electron chi connectivity index (χ4n) is 3.58. The van der Waals surface area contributed by atoms with Crippen molar-refractivity contribution in [2.75, 3.05) is 6.61 Å². The molecule has 2 aliphatic rings. The summed E-state index contributed by atoms with van der Waals surface area (Å²) in [5.41, 5.74) is 2.43. The first-order valence-electron chi connectivity index (χ1n) is 7.84. The molecule has 2 nitrogen and oxygen atoms in total. The molecule has 0 saturated heterocycles. The Hall–Kier alpha value is -0.540. The number of rotatable bonds is 5. The summed E-state index contributed by atoms with van der Waals surface area (Å²) in [6.45, 7) is 0.775. The van der Waals surface area contributed by atoms with Gasteiger partial charge in [-0.05, 0) is 42.0 Å². The highest BCUT2D eigenvalue weighted by Gasteiger charge is 2.21. The summed E-state index contributed by atoms with van der Waals surface area (Å²) in [4.78, 5) is 0. The predicted octanol–water partition coefficient (Wildman–Crippen LogP) is 4.26. The van der Waals surface area contributed by atoms with Crippen molar-refractivity contribution >= 4 is 15.9 Å². The number of aliphatic hydroxyl groups excluding tert-OH is 1. The van der Waals surface area contributed by atoms with Gasteiger partial charge in [0, 0.05) is 17.3 Å². The van der Waals surface area contributed by atoms with E-state index in [1.165, 1.54) is 37.7 Å². The normalized spacial score (nSPS) is 19.9. The van der Waals surface area contributed by atoms with Gasteiger partial charge in [0.15, 0.2) is 0 Å². The van der Waals surface area contributed by atoms with Crippen LogP contribution in [0.25, 0.3) is 0 Å². The van der Waals surface area contributed by atoms with Crippen LogP contribution in [0.2, 0.25) is 0 Å². The minimum atomic E-state index is -0.238. The lowest BCUT2D eigenvalue weighted by Gasteiger charge is -2.16. The van der Waals surface area contributed by atoms with Gasteiger partial charge in [0.25, 0.3) is 0 Å². The third-order valence-electron chi connectivity index (χ3n) is 4.66. The molecule has 1 aliphatic carbocycles. The molecule has 0 radical (unpaired) electrons. The Bertz CT molecular complexity index is 466. The number of benzene rings is 1. The lowest BCUT2D eigenvalue weighted by Crippen LogP contribution is -2.13. The van der Waals surface area contributed by atoms with E-state index < -0.39 is 0 Å². The molecule has 1 aromatic carbocycles. The molecular formula is C17H23BrO2.